The topological polar surface area (TPSA) is 382 Å². The largest absolute Gasteiger partial charge is 0.508 e. The third-order valence-electron chi connectivity index (χ3n) is 9.74. The van der Waals surface area contributed by atoms with Crippen molar-refractivity contribution >= 4 is 58.0 Å². The number of aromatic nitrogens is 2. The Kier molecular flexibility index (Phi) is 15.8. The molecule has 6 rings (SSSR count). The van der Waals surface area contributed by atoms with Crippen LogP contribution in [0.1, 0.15) is 59.0 Å². The van der Waals surface area contributed by atoms with Crippen LogP contribution in [0, 0.1) is 0 Å². The molecule has 1 aromatic heterocycles. The van der Waals surface area contributed by atoms with E-state index in [1.165, 1.54) is 60.8 Å². The Morgan fingerprint density at radius 2 is 1.61 bits per heavy atom. The summed E-state index contributed by atoms with van der Waals surface area (Å²) in [6.07, 6.45) is -0.990. The fourth-order valence-electron chi connectivity index (χ4n) is 6.84. The Morgan fingerprint density at radius 1 is 0.848 bits per heavy atom. The van der Waals surface area contributed by atoms with Gasteiger partial charge in [0.15, 0.2) is 5.43 Å². The number of carboxylic acid groups (broad SMARTS) is 1. The van der Waals surface area contributed by atoms with Crippen LogP contribution >= 0.6 is 23.5 Å². The van der Waals surface area contributed by atoms with E-state index in [-0.39, 0.29) is 83.4 Å². The molecule has 28 heteroatoms. The number of carboxylic acids is 1. The molecule has 3 aliphatic rings. The molecule has 66 heavy (non-hydrogen) atoms. The lowest BCUT2D eigenvalue weighted by molar-refractivity contribution is -0.121. The maximum Gasteiger partial charge on any atom is 0.490 e. The summed E-state index contributed by atoms with van der Waals surface area (Å²) in [5, 5.41) is 39.4. The van der Waals surface area contributed by atoms with Crippen LogP contribution in [0.15, 0.2) is 80.9 Å². The molecule has 0 radical (unpaired) electrons. The monoisotopic (exact) mass is 981 g/mol. The lowest BCUT2D eigenvalue weighted by Gasteiger charge is -2.19. The summed E-state index contributed by atoms with van der Waals surface area (Å²) < 4.78 is 58.4. The van der Waals surface area contributed by atoms with Crippen molar-refractivity contribution in [3.8, 4) is 28.2 Å². The Balaban J connectivity index is 0.901. The first-order valence-corrected chi connectivity index (χ1v) is 24.2. The second kappa shape index (κ2) is 20.9. The van der Waals surface area contributed by atoms with Gasteiger partial charge in [0, 0.05) is 72.9 Å². The minimum atomic E-state index is -5.75. The number of rotatable bonds is 21. The molecule has 3 aromatic rings. The summed E-state index contributed by atoms with van der Waals surface area (Å²) in [6, 6.07) is 14.1. The standard InChI is InChI=1S/C38H42N5O20P3/c44-22-6-9-25-29(17-22)60-30-18-23(45)7-10-26(30)35(25)24-8-5-21(16-27(24)37(49)50)36(48)41-12-3-1-2-4-33(47)40-14-13-39-32-11-15-43(38(51)42-32)34-19-28(46)31(61-34)20-59-65(55,56)63-66(57,58)62-64(52,53)54/h5-11,15-18,28,31,34,44,46H,1-4,12-14,19-20H2,(H,40,47)(H,41,48)(H,49,50)(H,55,56)(H,57,58)(H,39,42,51)(H2,52,53,54)/t28-,31+,34+/m0/s1. The first-order valence-electron chi connectivity index (χ1n) is 19.7. The zero-order chi connectivity index (χ0) is 48.0. The number of phosphoric acid groups is 3. The number of nitrogens with zero attached hydrogens (tertiary/aromatic N) is 2. The molecular formula is C38H42N5O20P3. The molecule has 5 atom stereocenters. The number of benzene rings is 3. The fourth-order valence-corrected chi connectivity index (χ4v) is 9.87. The number of phosphoric ester groups is 1. The number of hydrogen-bond acceptors (Lipinski definition) is 17. The van der Waals surface area contributed by atoms with Gasteiger partial charge >= 0.3 is 35.1 Å². The van der Waals surface area contributed by atoms with E-state index in [2.05, 4.69) is 34.1 Å². The first kappa shape index (κ1) is 49.8. The van der Waals surface area contributed by atoms with Crippen LogP contribution in [0.2, 0.25) is 0 Å². The molecule has 2 aromatic carbocycles. The minimum Gasteiger partial charge on any atom is -0.508 e. The van der Waals surface area contributed by atoms with Crippen molar-refractivity contribution in [3.63, 3.8) is 0 Å². The number of anilines is 1. The predicted molar refractivity (Wildman–Crippen MR) is 228 cm³/mol. The number of aromatic carboxylic acids is 1. The molecule has 0 bridgehead atoms. The van der Waals surface area contributed by atoms with Crippen LogP contribution in [0.5, 0.6) is 5.75 Å². The number of unbranched alkanes of at least 4 members (excludes halogenated alkanes) is 2. The van der Waals surface area contributed by atoms with Crippen molar-refractivity contribution in [2.75, 3.05) is 31.6 Å². The quantitative estimate of drug-likeness (QED) is 0.0287. The second-order valence-electron chi connectivity index (χ2n) is 14.5. The number of aliphatic hydroxyl groups excluding tert-OH is 1. The zero-order valence-electron chi connectivity index (χ0n) is 34.1. The van der Waals surface area contributed by atoms with Gasteiger partial charge in [-0.3, -0.25) is 23.5 Å². The molecule has 0 spiro atoms. The number of hydrogen-bond donors (Lipinski definition) is 10. The van der Waals surface area contributed by atoms with Gasteiger partial charge in [0.2, 0.25) is 5.91 Å². The highest BCUT2D eigenvalue weighted by atomic mass is 31.3. The zero-order valence-corrected chi connectivity index (χ0v) is 36.8. The molecule has 2 unspecified atom stereocenters. The van der Waals surface area contributed by atoms with Crippen LogP contribution < -0.4 is 27.1 Å². The first-order chi connectivity index (χ1) is 31.1. The number of phenolic OH excluding ortho intramolecular Hbond substituents is 1. The van der Waals surface area contributed by atoms with E-state index >= 15 is 0 Å². The highest BCUT2D eigenvalue weighted by Crippen LogP contribution is 2.66. The third kappa shape index (κ3) is 13.2. The molecule has 354 valence electrons. The van der Waals surface area contributed by atoms with Crippen LogP contribution in [0.4, 0.5) is 5.82 Å². The van der Waals surface area contributed by atoms with Crippen LogP contribution in [-0.4, -0.2) is 101 Å². The average Bonchev–Trinajstić information content (AvgIpc) is 3.59. The van der Waals surface area contributed by atoms with Gasteiger partial charge in [-0.15, -0.1) is 0 Å². The van der Waals surface area contributed by atoms with Gasteiger partial charge in [-0.25, -0.2) is 23.3 Å². The highest BCUT2D eigenvalue weighted by Gasteiger charge is 2.43. The molecule has 25 nitrogen and oxygen atoms in total. The number of amides is 2. The number of phenols is 1. The average molecular weight is 982 g/mol. The summed E-state index contributed by atoms with van der Waals surface area (Å²) in [5.74, 6) is -1.81. The molecule has 1 aliphatic carbocycles. The highest BCUT2D eigenvalue weighted by molar-refractivity contribution is 7.66. The van der Waals surface area contributed by atoms with E-state index in [0.29, 0.717) is 35.8 Å². The number of aliphatic hydroxyl groups is 1. The summed E-state index contributed by atoms with van der Waals surface area (Å²) in [4.78, 5) is 103. The summed E-state index contributed by atoms with van der Waals surface area (Å²) in [7, 11) is -16.8. The number of nitrogens with one attached hydrogen (secondary N) is 3. The molecule has 1 fully saturated rings. The van der Waals surface area contributed by atoms with Gasteiger partial charge in [0.25, 0.3) is 5.91 Å². The number of ether oxygens (including phenoxy) is 1. The van der Waals surface area contributed by atoms with Crippen molar-refractivity contribution in [2.45, 2.75) is 50.5 Å². The lowest BCUT2D eigenvalue weighted by Crippen LogP contribution is -2.30. The van der Waals surface area contributed by atoms with Crippen molar-refractivity contribution in [3.05, 3.63) is 98.7 Å². The Bertz CT molecular complexity index is 2870. The maximum atomic E-state index is 13.0. The van der Waals surface area contributed by atoms with Gasteiger partial charge in [0.05, 0.1) is 18.3 Å². The van der Waals surface area contributed by atoms with Crippen molar-refractivity contribution in [2.24, 2.45) is 0 Å². The van der Waals surface area contributed by atoms with Crippen molar-refractivity contribution in [1.82, 2.24) is 20.2 Å². The Morgan fingerprint density at radius 3 is 2.33 bits per heavy atom. The molecule has 2 amide bonds. The fraction of sp³-hybridized carbons (Fsp3) is 0.316. The van der Waals surface area contributed by atoms with Crippen molar-refractivity contribution in [1.29, 1.82) is 0 Å². The molecule has 3 heterocycles. The summed E-state index contributed by atoms with van der Waals surface area (Å²) in [6.45, 7) is -0.320. The second-order valence-corrected chi connectivity index (χ2v) is 19.0. The van der Waals surface area contributed by atoms with E-state index in [1.807, 2.05) is 0 Å². The van der Waals surface area contributed by atoms with E-state index in [0.717, 1.165) is 4.57 Å². The lowest BCUT2D eigenvalue weighted by atomic mass is 9.90. The van der Waals surface area contributed by atoms with Gasteiger partial charge < -0.3 is 60.0 Å². The Labute approximate surface area is 371 Å². The molecule has 2 aliphatic heterocycles. The third-order valence-corrected chi connectivity index (χ3v) is 13.5. The van der Waals surface area contributed by atoms with E-state index in [4.69, 9.17) is 18.9 Å². The van der Waals surface area contributed by atoms with Crippen LogP contribution in [0.3, 0.4) is 0 Å². The van der Waals surface area contributed by atoms with Crippen LogP contribution in [-0.2, 0) is 36.4 Å². The maximum absolute atomic E-state index is 13.0. The Hall–Kier alpha value is -5.65. The van der Waals surface area contributed by atoms with Crippen LogP contribution in [0.25, 0.3) is 33.4 Å². The molecule has 0 saturated carbocycles. The van der Waals surface area contributed by atoms with Gasteiger partial charge in [0.1, 0.15) is 35.2 Å². The molecule has 10 N–H and O–H groups in total. The van der Waals surface area contributed by atoms with Gasteiger partial charge in [-0.1, -0.05) is 12.5 Å². The normalized spacial score (nSPS) is 18.1. The van der Waals surface area contributed by atoms with Crippen molar-refractivity contribution < 1.29 is 85.3 Å². The van der Waals surface area contributed by atoms with E-state index in [9.17, 15) is 62.8 Å². The SMILES string of the molecule is O=C(CCCCCNC(=O)c1ccc(-c2c3ccc(=O)cc-3oc3cc(O)ccc23)c(C(=O)O)c1)NCCNc1ccn([C@H]2C[C@H](O)[C@@H](COP(=O)(O)OP(=O)(O)OP(=O)(O)O)O2)c(=O)n1. The number of fused-ring (bicyclic) bond motifs is 2. The summed E-state index contributed by atoms with van der Waals surface area (Å²) in [5.41, 5.74) is 0.180. The number of aromatic hydroxyl groups is 1. The number of carbonyl (C=O) groups excluding carboxylic acids is 2. The van der Waals surface area contributed by atoms with E-state index < -0.39 is 66.1 Å². The number of carbonyl (C=O) groups is 3. The molecule has 1 saturated heterocycles. The predicted octanol–water partition coefficient (Wildman–Crippen LogP) is 3.04. The molecular weight excluding hydrogens is 939 g/mol. The summed E-state index contributed by atoms with van der Waals surface area (Å²) >= 11 is 0. The minimum absolute atomic E-state index is 0.0931. The van der Waals surface area contributed by atoms with Gasteiger partial charge in [-0.05, 0) is 60.9 Å². The van der Waals surface area contributed by atoms with Gasteiger partial charge in [-0.2, -0.15) is 13.6 Å². The van der Waals surface area contributed by atoms with E-state index in [1.54, 1.807) is 6.07 Å². The smallest absolute Gasteiger partial charge is 0.490 e.